The number of aryl methyl sites for hydroxylation is 1. The number of hydrogen-bond acceptors (Lipinski definition) is 5. The maximum absolute atomic E-state index is 12.5. The summed E-state index contributed by atoms with van der Waals surface area (Å²) < 4.78 is 11.8. The van der Waals surface area contributed by atoms with Gasteiger partial charge < -0.3 is 24.7 Å². The summed E-state index contributed by atoms with van der Waals surface area (Å²) >= 11 is 3.43. The highest BCUT2D eigenvalue weighted by Crippen LogP contribution is 2.27. The summed E-state index contributed by atoms with van der Waals surface area (Å²) in [6.45, 7) is 2.39. The Bertz CT molecular complexity index is 1180. The van der Waals surface area contributed by atoms with E-state index in [0.29, 0.717) is 29.4 Å². The number of nitrogens with one attached hydrogen (secondary N) is 2. The third-order valence-corrected chi connectivity index (χ3v) is 6.36. The molecule has 0 radical (unpaired) electrons. The molecule has 0 aliphatic carbocycles. The van der Waals surface area contributed by atoms with Crippen molar-refractivity contribution < 1.29 is 23.5 Å². The highest BCUT2D eigenvalue weighted by molar-refractivity contribution is 9.10. The number of amides is 3. The lowest BCUT2D eigenvalue weighted by Gasteiger charge is -2.17. The Morgan fingerprint density at radius 2 is 1.97 bits per heavy atom. The van der Waals surface area contributed by atoms with Crippen LogP contribution < -0.4 is 20.3 Å². The topological polar surface area (TPSA) is 101 Å². The lowest BCUT2D eigenvalue weighted by Crippen LogP contribution is -2.32. The molecule has 2 aromatic carbocycles. The van der Waals surface area contributed by atoms with Crippen LogP contribution in [0.5, 0.6) is 5.75 Å². The molecule has 1 aromatic heterocycles. The zero-order valence-electron chi connectivity index (χ0n) is 18.5. The molecule has 9 heteroatoms. The third kappa shape index (κ3) is 5.85. The average Bonchev–Trinajstić information content (AvgIpc) is 3.49. The molecule has 3 aromatic rings. The van der Waals surface area contributed by atoms with Gasteiger partial charge in [0.1, 0.15) is 11.5 Å². The van der Waals surface area contributed by atoms with Crippen molar-refractivity contribution in [2.75, 3.05) is 23.4 Å². The van der Waals surface area contributed by atoms with Gasteiger partial charge in [0.05, 0.1) is 18.7 Å². The van der Waals surface area contributed by atoms with E-state index in [9.17, 15) is 14.4 Å². The van der Waals surface area contributed by atoms with Crippen LogP contribution in [0.2, 0.25) is 0 Å². The van der Waals surface area contributed by atoms with Crippen molar-refractivity contribution in [3.8, 4) is 5.75 Å². The number of rotatable bonds is 8. The van der Waals surface area contributed by atoms with Crippen LogP contribution in [-0.2, 0) is 20.9 Å². The van der Waals surface area contributed by atoms with Crippen LogP contribution in [0.15, 0.2) is 69.8 Å². The van der Waals surface area contributed by atoms with Crippen molar-refractivity contribution in [3.63, 3.8) is 0 Å². The van der Waals surface area contributed by atoms with Gasteiger partial charge in [-0.1, -0.05) is 15.9 Å². The number of benzene rings is 2. The number of carbonyl (C=O) groups excluding carboxylic acids is 3. The molecule has 176 valence electrons. The van der Waals surface area contributed by atoms with Crippen LogP contribution in [0.4, 0.5) is 11.4 Å². The quantitative estimate of drug-likeness (QED) is 0.462. The Morgan fingerprint density at radius 1 is 1.18 bits per heavy atom. The Kier molecular flexibility index (Phi) is 7.32. The fourth-order valence-corrected chi connectivity index (χ4v) is 3.90. The summed E-state index contributed by atoms with van der Waals surface area (Å²) in [6.07, 6.45) is 1.70. The number of furan rings is 1. The van der Waals surface area contributed by atoms with Gasteiger partial charge in [-0.25, -0.2) is 0 Å². The summed E-state index contributed by atoms with van der Waals surface area (Å²) in [5, 5.41) is 5.60. The summed E-state index contributed by atoms with van der Waals surface area (Å²) in [5.74, 6) is 0.166. The first-order valence-electron chi connectivity index (χ1n) is 10.8. The van der Waals surface area contributed by atoms with E-state index in [0.717, 1.165) is 10.0 Å². The second-order valence-corrected chi connectivity index (χ2v) is 8.85. The predicted molar refractivity (Wildman–Crippen MR) is 130 cm³/mol. The van der Waals surface area contributed by atoms with Crippen molar-refractivity contribution in [1.82, 2.24) is 5.32 Å². The summed E-state index contributed by atoms with van der Waals surface area (Å²) in [6, 6.07) is 16.0. The van der Waals surface area contributed by atoms with Crippen molar-refractivity contribution >= 4 is 45.0 Å². The van der Waals surface area contributed by atoms with Gasteiger partial charge in [-0.05, 0) is 67.1 Å². The average molecular weight is 526 g/mol. The van der Waals surface area contributed by atoms with E-state index in [2.05, 4.69) is 26.6 Å². The molecule has 2 heterocycles. The lowest BCUT2D eigenvalue weighted by molar-refractivity contribution is -0.126. The molecular weight excluding hydrogens is 502 g/mol. The van der Waals surface area contributed by atoms with Gasteiger partial charge in [0, 0.05) is 28.8 Å². The molecule has 1 fully saturated rings. The Hall–Kier alpha value is -3.59. The van der Waals surface area contributed by atoms with Crippen molar-refractivity contribution in [3.05, 3.63) is 76.7 Å². The smallest absolute Gasteiger partial charge is 0.262 e. The molecule has 8 nitrogen and oxygen atoms in total. The molecule has 1 saturated heterocycles. The number of nitrogens with zero attached hydrogens (tertiary/aromatic N) is 1. The number of ether oxygens (including phenoxy) is 1. The fourth-order valence-electron chi connectivity index (χ4n) is 3.66. The first-order valence-corrected chi connectivity index (χ1v) is 11.6. The van der Waals surface area contributed by atoms with E-state index in [-0.39, 0.29) is 37.3 Å². The van der Waals surface area contributed by atoms with Crippen molar-refractivity contribution in [2.45, 2.75) is 19.9 Å². The molecule has 4 rings (SSSR count). The minimum atomic E-state index is -0.427. The highest BCUT2D eigenvalue weighted by Gasteiger charge is 2.35. The lowest BCUT2D eigenvalue weighted by atomic mass is 10.1. The van der Waals surface area contributed by atoms with Gasteiger partial charge in [0.15, 0.2) is 6.61 Å². The molecule has 0 spiro atoms. The largest absolute Gasteiger partial charge is 0.484 e. The fraction of sp³-hybridized carbons (Fsp3) is 0.240. The van der Waals surface area contributed by atoms with Gasteiger partial charge >= 0.3 is 0 Å². The van der Waals surface area contributed by atoms with Gasteiger partial charge in [0.2, 0.25) is 11.8 Å². The molecular formula is C25H24BrN3O5. The standard InChI is InChI=1S/C25H24BrN3O5/c1-16-11-18(4-9-22(16)26)28-23(30)15-34-20-7-5-19(6-8-20)29-14-17(12-24(29)31)25(32)27-13-21-3-2-10-33-21/h2-11,17H,12-15H2,1H3,(H,27,32)(H,28,30)/t17-/m1/s1. The third-order valence-electron chi connectivity index (χ3n) is 5.47. The number of halogens is 1. The van der Waals surface area contributed by atoms with E-state index in [1.54, 1.807) is 53.6 Å². The van der Waals surface area contributed by atoms with Gasteiger partial charge in [-0.3, -0.25) is 14.4 Å². The van der Waals surface area contributed by atoms with Crippen LogP contribution in [-0.4, -0.2) is 30.9 Å². The molecule has 0 unspecified atom stereocenters. The Morgan fingerprint density at radius 3 is 2.68 bits per heavy atom. The van der Waals surface area contributed by atoms with Crippen LogP contribution in [0.1, 0.15) is 17.7 Å². The van der Waals surface area contributed by atoms with E-state index < -0.39 is 5.92 Å². The van der Waals surface area contributed by atoms with E-state index in [1.807, 2.05) is 19.1 Å². The number of hydrogen-bond donors (Lipinski definition) is 2. The van der Waals surface area contributed by atoms with Gasteiger partial charge in [-0.15, -0.1) is 0 Å². The first-order chi connectivity index (χ1) is 16.4. The minimum absolute atomic E-state index is 0.115. The first kappa shape index (κ1) is 23.6. The van der Waals surface area contributed by atoms with Crippen LogP contribution in [0.25, 0.3) is 0 Å². The predicted octanol–water partition coefficient (Wildman–Crippen LogP) is 4.04. The van der Waals surface area contributed by atoms with E-state index in [1.165, 1.54) is 0 Å². The molecule has 34 heavy (non-hydrogen) atoms. The maximum Gasteiger partial charge on any atom is 0.262 e. The minimum Gasteiger partial charge on any atom is -0.484 e. The molecule has 2 N–H and O–H groups in total. The molecule has 3 amide bonds. The number of anilines is 2. The van der Waals surface area contributed by atoms with Crippen LogP contribution in [0, 0.1) is 12.8 Å². The highest BCUT2D eigenvalue weighted by atomic mass is 79.9. The Balaban J connectivity index is 1.27. The second kappa shape index (κ2) is 10.6. The molecule has 1 atom stereocenters. The van der Waals surface area contributed by atoms with E-state index in [4.69, 9.17) is 9.15 Å². The SMILES string of the molecule is Cc1cc(NC(=O)COc2ccc(N3C[C@H](C(=O)NCc4ccco4)CC3=O)cc2)ccc1Br. The van der Waals surface area contributed by atoms with E-state index >= 15 is 0 Å². The maximum atomic E-state index is 12.5. The summed E-state index contributed by atoms with van der Waals surface area (Å²) in [5.41, 5.74) is 2.39. The van der Waals surface area contributed by atoms with Crippen LogP contribution in [0.3, 0.4) is 0 Å². The van der Waals surface area contributed by atoms with Gasteiger partial charge in [-0.2, -0.15) is 0 Å². The normalized spacial score (nSPS) is 15.3. The summed E-state index contributed by atoms with van der Waals surface area (Å²) in [4.78, 5) is 38.7. The molecule has 1 aliphatic rings. The molecule has 1 aliphatic heterocycles. The molecule has 0 bridgehead atoms. The second-order valence-electron chi connectivity index (χ2n) is 8.00. The zero-order valence-corrected chi connectivity index (χ0v) is 20.1. The zero-order chi connectivity index (χ0) is 24.1. The van der Waals surface area contributed by atoms with Crippen LogP contribution >= 0.6 is 15.9 Å². The monoisotopic (exact) mass is 525 g/mol. The number of carbonyl (C=O) groups is 3. The van der Waals surface area contributed by atoms with Crippen molar-refractivity contribution in [2.24, 2.45) is 5.92 Å². The molecule has 0 saturated carbocycles. The van der Waals surface area contributed by atoms with Crippen molar-refractivity contribution in [1.29, 1.82) is 0 Å². The Labute approximate surface area is 205 Å². The van der Waals surface area contributed by atoms with Gasteiger partial charge in [0.25, 0.3) is 5.91 Å². The summed E-state index contributed by atoms with van der Waals surface area (Å²) in [7, 11) is 0.